The van der Waals surface area contributed by atoms with Gasteiger partial charge < -0.3 is 14.1 Å². The van der Waals surface area contributed by atoms with Crippen LogP contribution < -0.4 is 0 Å². The van der Waals surface area contributed by atoms with E-state index in [0.717, 1.165) is 15.5 Å². The zero-order valence-electron chi connectivity index (χ0n) is 19.8. The van der Waals surface area contributed by atoms with Crippen LogP contribution in [0.2, 0.25) is 5.02 Å². The molecule has 34 heavy (non-hydrogen) atoms. The summed E-state index contributed by atoms with van der Waals surface area (Å²) < 4.78 is 23.2. The number of nitrogens with zero attached hydrogens (tertiary/aromatic N) is 3. The van der Waals surface area contributed by atoms with Gasteiger partial charge in [-0.15, -0.1) is 0 Å². The Morgan fingerprint density at radius 1 is 1.21 bits per heavy atom. The average molecular weight is 522 g/mol. The third-order valence-corrected chi connectivity index (χ3v) is 7.01. The number of benzene rings is 1. The molecule has 0 spiro atoms. The lowest BCUT2D eigenvalue weighted by Gasteiger charge is -2.19. The zero-order valence-corrected chi connectivity index (χ0v) is 22.2. The molecule has 0 N–H and O–H groups in total. The molecule has 2 unspecified atom stereocenters. The van der Waals surface area contributed by atoms with Crippen LogP contribution in [0.1, 0.15) is 39.0 Å². The van der Waals surface area contributed by atoms with E-state index in [-0.39, 0.29) is 18.1 Å². The zero-order chi connectivity index (χ0) is 24.8. The standard InChI is InChI=1S/C24H28ClN3O4S2/c1-15(2)31-24(29)28(4)13-12-16(3)22-27-21(17-6-9-19(10-7-17)34(5)30)23(32-22)33-20-11-8-18(25)14-26-20/h6-11,14-16H,12-13H2,1-5H3. The van der Waals surface area contributed by atoms with Crippen molar-refractivity contribution in [3.8, 4) is 11.3 Å². The van der Waals surface area contributed by atoms with Gasteiger partial charge in [0.1, 0.15) is 10.7 Å². The van der Waals surface area contributed by atoms with Crippen LogP contribution >= 0.6 is 23.4 Å². The van der Waals surface area contributed by atoms with Crippen molar-refractivity contribution in [1.29, 1.82) is 0 Å². The Morgan fingerprint density at radius 3 is 2.50 bits per heavy atom. The van der Waals surface area contributed by atoms with Crippen molar-refractivity contribution >= 4 is 40.3 Å². The van der Waals surface area contributed by atoms with E-state index in [1.54, 1.807) is 30.5 Å². The van der Waals surface area contributed by atoms with Gasteiger partial charge in [-0.2, -0.15) is 0 Å². The van der Waals surface area contributed by atoms with Gasteiger partial charge in [0.05, 0.1) is 11.1 Å². The molecule has 0 aliphatic heterocycles. The van der Waals surface area contributed by atoms with Crippen molar-refractivity contribution in [2.24, 2.45) is 0 Å². The number of carbonyl (C=O) groups is 1. The van der Waals surface area contributed by atoms with Crippen LogP contribution in [-0.2, 0) is 15.5 Å². The summed E-state index contributed by atoms with van der Waals surface area (Å²) in [5, 5.41) is 1.89. The number of carbonyl (C=O) groups excluding carboxylic acids is 1. The second kappa shape index (κ2) is 11.9. The van der Waals surface area contributed by atoms with E-state index in [9.17, 15) is 9.00 Å². The number of oxazole rings is 1. The van der Waals surface area contributed by atoms with Crippen LogP contribution in [0.5, 0.6) is 0 Å². The molecular weight excluding hydrogens is 494 g/mol. The molecule has 1 aromatic carbocycles. The first-order chi connectivity index (χ1) is 16.1. The molecular formula is C24H28ClN3O4S2. The summed E-state index contributed by atoms with van der Waals surface area (Å²) >= 11 is 7.33. The number of rotatable bonds is 9. The van der Waals surface area contributed by atoms with Crippen molar-refractivity contribution in [2.45, 2.75) is 54.2 Å². The van der Waals surface area contributed by atoms with Crippen LogP contribution in [0, 0.1) is 0 Å². The third kappa shape index (κ3) is 7.07. The van der Waals surface area contributed by atoms with Crippen molar-refractivity contribution in [3.05, 3.63) is 53.5 Å². The molecule has 3 aromatic rings. The first-order valence-corrected chi connectivity index (χ1v) is 13.5. The Labute approximate surface area is 211 Å². The van der Waals surface area contributed by atoms with Gasteiger partial charge in [0.25, 0.3) is 0 Å². The highest BCUT2D eigenvalue weighted by Crippen LogP contribution is 2.38. The molecule has 0 radical (unpaired) electrons. The van der Waals surface area contributed by atoms with Crippen LogP contribution in [0.3, 0.4) is 0 Å². The minimum absolute atomic E-state index is 0.0389. The van der Waals surface area contributed by atoms with Crippen molar-refractivity contribution in [1.82, 2.24) is 14.9 Å². The maximum Gasteiger partial charge on any atom is 0.409 e. The molecule has 2 atom stereocenters. The molecule has 0 saturated heterocycles. The van der Waals surface area contributed by atoms with Crippen LogP contribution in [0.25, 0.3) is 11.3 Å². The lowest BCUT2D eigenvalue weighted by Crippen LogP contribution is -2.30. The lowest BCUT2D eigenvalue weighted by atomic mass is 10.1. The van der Waals surface area contributed by atoms with Crippen molar-refractivity contribution in [3.63, 3.8) is 0 Å². The minimum atomic E-state index is -1.06. The number of halogens is 1. The number of aromatic nitrogens is 2. The smallest absolute Gasteiger partial charge is 0.409 e. The molecule has 0 fully saturated rings. The van der Waals surface area contributed by atoms with Gasteiger partial charge in [-0.25, -0.2) is 14.8 Å². The first-order valence-electron chi connectivity index (χ1n) is 10.8. The maximum atomic E-state index is 12.1. The summed E-state index contributed by atoms with van der Waals surface area (Å²) in [6, 6.07) is 11.0. The van der Waals surface area contributed by atoms with E-state index >= 15 is 0 Å². The van der Waals surface area contributed by atoms with Crippen LogP contribution in [0.15, 0.2) is 62.0 Å². The van der Waals surface area contributed by atoms with Gasteiger partial charge in [0, 0.05) is 53.2 Å². The fourth-order valence-electron chi connectivity index (χ4n) is 3.00. The predicted octanol–water partition coefficient (Wildman–Crippen LogP) is 6.25. The predicted molar refractivity (Wildman–Crippen MR) is 135 cm³/mol. The number of pyridine rings is 1. The quantitative estimate of drug-likeness (QED) is 0.329. The van der Waals surface area contributed by atoms with Gasteiger partial charge >= 0.3 is 6.09 Å². The lowest BCUT2D eigenvalue weighted by molar-refractivity contribution is 0.0831. The number of ether oxygens (including phenoxy) is 1. The molecule has 3 rings (SSSR count). The van der Waals surface area contributed by atoms with E-state index < -0.39 is 10.8 Å². The van der Waals surface area contributed by atoms with Crippen molar-refractivity contribution in [2.75, 3.05) is 19.8 Å². The fourth-order valence-corrected chi connectivity index (χ4v) is 4.45. The molecule has 0 aliphatic carbocycles. The summed E-state index contributed by atoms with van der Waals surface area (Å²) in [4.78, 5) is 23.5. The van der Waals surface area contributed by atoms with Gasteiger partial charge in [-0.3, -0.25) is 4.21 Å². The SMILES string of the molecule is CC(C)OC(=O)N(C)CCC(C)c1nc(-c2ccc(S(C)=O)cc2)c(Sc2ccc(Cl)cn2)o1. The molecule has 10 heteroatoms. The van der Waals surface area contributed by atoms with E-state index in [4.69, 9.17) is 25.7 Å². The highest BCUT2D eigenvalue weighted by molar-refractivity contribution is 7.99. The minimum Gasteiger partial charge on any atom is -0.447 e. The first kappa shape index (κ1) is 26.2. The Balaban J connectivity index is 1.84. The summed E-state index contributed by atoms with van der Waals surface area (Å²) in [7, 11) is 0.649. The Hall–Kier alpha value is -2.36. The third-order valence-electron chi connectivity index (χ3n) is 4.94. The molecule has 2 aromatic heterocycles. The molecule has 0 saturated carbocycles. The average Bonchev–Trinajstić information content (AvgIpc) is 3.22. The Kier molecular flexibility index (Phi) is 9.16. The summed E-state index contributed by atoms with van der Waals surface area (Å²) in [6.07, 6.45) is 3.36. The summed E-state index contributed by atoms with van der Waals surface area (Å²) in [5.74, 6) is 0.531. The highest BCUT2D eigenvalue weighted by atomic mass is 35.5. The fraction of sp³-hybridized carbons (Fsp3) is 0.375. The second-order valence-electron chi connectivity index (χ2n) is 8.13. The summed E-state index contributed by atoms with van der Waals surface area (Å²) in [5.41, 5.74) is 1.54. The monoisotopic (exact) mass is 521 g/mol. The highest BCUT2D eigenvalue weighted by Gasteiger charge is 2.22. The van der Waals surface area contributed by atoms with Gasteiger partial charge in [-0.05, 0) is 56.3 Å². The van der Waals surface area contributed by atoms with E-state index in [2.05, 4.69) is 4.98 Å². The van der Waals surface area contributed by atoms with Crippen molar-refractivity contribution < 1.29 is 18.2 Å². The largest absolute Gasteiger partial charge is 0.447 e. The number of hydrogen-bond donors (Lipinski definition) is 0. The molecule has 1 amide bonds. The van der Waals surface area contributed by atoms with E-state index in [0.29, 0.717) is 34.7 Å². The van der Waals surface area contributed by atoms with Crippen LogP contribution in [0.4, 0.5) is 4.79 Å². The van der Waals surface area contributed by atoms with E-state index in [1.165, 1.54) is 11.8 Å². The van der Waals surface area contributed by atoms with Gasteiger partial charge in [0.2, 0.25) is 0 Å². The summed E-state index contributed by atoms with van der Waals surface area (Å²) in [6.45, 7) is 6.16. The topological polar surface area (TPSA) is 85.5 Å². The Morgan fingerprint density at radius 2 is 1.91 bits per heavy atom. The number of hydrogen-bond acceptors (Lipinski definition) is 7. The molecule has 0 aliphatic rings. The van der Waals surface area contributed by atoms with Gasteiger partial charge in [0.15, 0.2) is 11.0 Å². The Bertz CT molecular complexity index is 1130. The molecule has 182 valence electrons. The molecule has 7 nitrogen and oxygen atoms in total. The molecule has 2 heterocycles. The normalized spacial score (nSPS) is 13.0. The maximum absolute atomic E-state index is 12.1. The molecule has 0 bridgehead atoms. The van der Waals surface area contributed by atoms with Gasteiger partial charge in [-0.1, -0.05) is 30.7 Å². The van der Waals surface area contributed by atoms with E-state index in [1.807, 2.05) is 51.1 Å². The number of amides is 1. The second-order valence-corrected chi connectivity index (χ2v) is 10.9. The van der Waals surface area contributed by atoms with Crippen LogP contribution in [-0.4, -0.2) is 51.1 Å².